The van der Waals surface area contributed by atoms with Crippen molar-refractivity contribution in [2.75, 3.05) is 7.11 Å². The van der Waals surface area contributed by atoms with Crippen molar-refractivity contribution < 1.29 is 18.6 Å². The Balaban J connectivity index is 2.45. The van der Waals surface area contributed by atoms with Gasteiger partial charge in [-0.3, -0.25) is 0 Å². The van der Waals surface area contributed by atoms with Crippen molar-refractivity contribution in [3.63, 3.8) is 0 Å². The lowest BCUT2D eigenvalue weighted by Crippen LogP contribution is -2.18. The number of aliphatic hydroxyl groups is 1. The van der Waals surface area contributed by atoms with Gasteiger partial charge in [0, 0.05) is 0 Å². The maximum Gasteiger partial charge on any atom is 0.330 e. The Kier molecular flexibility index (Phi) is 3.54. The lowest BCUT2D eigenvalue weighted by atomic mass is 10.0. The fraction of sp³-hybridized carbons (Fsp3) is 0.231. The second-order valence-corrected chi connectivity index (χ2v) is 4.97. The number of benzene rings is 2. The summed E-state index contributed by atoms with van der Waals surface area (Å²) in [5.74, 6) is 0.696. The van der Waals surface area contributed by atoms with E-state index in [2.05, 4.69) is 15.9 Å². The molecule has 0 aliphatic rings. The van der Waals surface area contributed by atoms with Gasteiger partial charge in [-0.1, -0.05) is 18.2 Å². The molecule has 2 aromatic rings. The van der Waals surface area contributed by atoms with Crippen LogP contribution in [0.1, 0.15) is 11.7 Å². The van der Waals surface area contributed by atoms with E-state index < -0.39 is 10.9 Å². The number of fused-ring (bicyclic) bond motifs is 1. The fourth-order valence-electron chi connectivity index (χ4n) is 1.73. The molecule has 0 aromatic heterocycles. The van der Waals surface area contributed by atoms with E-state index >= 15 is 0 Å². The summed E-state index contributed by atoms with van der Waals surface area (Å²) < 4.78 is 31.0. The van der Waals surface area contributed by atoms with Crippen LogP contribution in [0.15, 0.2) is 36.4 Å². The molecule has 0 amide bonds. The topological polar surface area (TPSA) is 29.5 Å². The second kappa shape index (κ2) is 4.82. The Bertz CT molecular complexity index is 566. The van der Waals surface area contributed by atoms with E-state index in [4.69, 9.17) is 4.74 Å². The van der Waals surface area contributed by atoms with Crippen molar-refractivity contribution in [1.82, 2.24) is 0 Å². The number of alkyl halides is 3. The molecule has 0 radical (unpaired) electrons. The Morgan fingerprint density at radius 2 is 1.78 bits per heavy atom. The molecule has 0 bridgehead atoms. The second-order valence-electron chi connectivity index (χ2n) is 3.92. The zero-order valence-electron chi connectivity index (χ0n) is 9.53. The summed E-state index contributed by atoms with van der Waals surface area (Å²) in [6.07, 6.45) is -1.87. The number of rotatable bonds is 3. The zero-order valence-corrected chi connectivity index (χ0v) is 11.1. The Morgan fingerprint density at radius 3 is 2.39 bits per heavy atom. The van der Waals surface area contributed by atoms with Crippen LogP contribution < -0.4 is 4.74 Å². The normalized spacial score (nSPS) is 13.6. The van der Waals surface area contributed by atoms with Crippen LogP contribution in [-0.2, 0) is 0 Å². The third-order valence-electron chi connectivity index (χ3n) is 2.70. The third-order valence-corrected chi connectivity index (χ3v) is 3.13. The standard InChI is InChI=1S/C13H11BrF2O2/c1-18-11-5-4-8-6-10(3-2-9(8)7-11)12(17)13(14,15)16/h2-7,12,17H,1H3. The predicted molar refractivity (Wildman–Crippen MR) is 69.3 cm³/mol. The van der Waals surface area contributed by atoms with Crippen molar-refractivity contribution in [3.8, 4) is 5.75 Å². The molecule has 0 saturated carbocycles. The van der Waals surface area contributed by atoms with Gasteiger partial charge in [0.15, 0.2) is 6.10 Å². The van der Waals surface area contributed by atoms with Gasteiger partial charge in [0.2, 0.25) is 0 Å². The lowest BCUT2D eigenvalue weighted by molar-refractivity contribution is -0.0293. The van der Waals surface area contributed by atoms with E-state index in [0.29, 0.717) is 5.75 Å². The SMILES string of the molecule is COc1ccc2cc(C(O)C(F)(F)Br)ccc2c1. The molecule has 0 heterocycles. The Labute approximate surface area is 111 Å². The van der Waals surface area contributed by atoms with Crippen LogP contribution >= 0.6 is 15.9 Å². The highest BCUT2D eigenvalue weighted by molar-refractivity contribution is 9.10. The number of hydrogen-bond acceptors (Lipinski definition) is 2. The fourth-order valence-corrected chi connectivity index (χ4v) is 1.99. The highest BCUT2D eigenvalue weighted by Gasteiger charge is 2.36. The van der Waals surface area contributed by atoms with E-state index in [-0.39, 0.29) is 5.56 Å². The monoisotopic (exact) mass is 316 g/mol. The third kappa shape index (κ3) is 2.62. The van der Waals surface area contributed by atoms with Crippen LogP contribution in [0.3, 0.4) is 0 Å². The lowest BCUT2D eigenvalue weighted by Gasteiger charge is -2.17. The smallest absolute Gasteiger partial charge is 0.330 e. The van der Waals surface area contributed by atoms with Crippen molar-refractivity contribution in [3.05, 3.63) is 42.0 Å². The average molecular weight is 317 g/mol. The molecule has 2 nitrogen and oxygen atoms in total. The summed E-state index contributed by atoms with van der Waals surface area (Å²) >= 11 is 2.16. The first-order chi connectivity index (χ1) is 8.41. The summed E-state index contributed by atoms with van der Waals surface area (Å²) in [4.78, 5) is -3.34. The van der Waals surface area contributed by atoms with Crippen LogP contribution in [0, 0.1) is 0 Å². The van der Waals surface area contributed by atoms with Crippen molar-refractivity contribution in [2.24, 2.45) is 0 Å². The van der Waals surface area contributed by atoms with E-state index in [9.17, 15) is 13.9 Å². The number of halogens is 3. The van der Waals surface area contributed by atoms with Gasteiger partial charge >= 0.3 is 4.83 Å². The van der Waals surface area contributed by atoms with Gasteiger partial charge in [-0.2, -0.15) is 8.78 Å². The molecule has 0 aliphatic heterocycles. The summed E-state index contributed by atoms with van der Waals surface area (Å²) in [5, 5.41) is 11.1. The van der Waals surface area contributed by atoms with E-state index in [1.165, 1.54) is 12.1 Å². The quantitative estimate of drug-likeness (QED) is 0.871. The molecule has 5 heteroatoms. The van der Waals surface area contributed by atoms with Crippen LogP contribution in [0.5, 0.6) is 5.75 Å². The average Bonchev–Trinajstić information content (AvgIpc) is 2.35. The molecular formula is C13H11BrF2O2. The number of hydrogen-bond donors (Lipinski definition) is 1. The first kappa shape index (κ1) is 13.2. The molecule has 1 N–H and O–H groups in total. The van der Waals surface area contributed by atoms with Crippen LogP contribution in [0.25, 0.3) is 10.8 Å². The van der Waals surface area contributed by atoms with E-state index in [0.717, 1.165) is 10.8 Å². The molecule has 0 fully saturated rings. The summed E-state index contributed by atoms with van der Waals surface area (Å²) in [7, 11) is 1.56. The highest BCUT2D eigenvalue weighted by Crippen LogP contribution is 2.37. The maximum absolute atomic E-state index is 13.0. The van der Waals surface area contributed by atoms with Gasteiger partial charge in [-0.05, 0) is 50.5 Å². The van der Waals surface area contributed by atoms with E-state index in [1.54, 1.807) is 31.4 Å². The molecule has 0 aliphatic carbocycles. The molecule has 2 aromatic carbocycles. The summed E-state index contributed by atoms with van der Waals surface area (Å²) in [6, 6.07) is 9.99. The minimum atomic E-state index is -3.34. The molecule has 1 atom stereocenters. The molecule has 2 rings (SSSR count). The number of ether oxygens (including phenoxy) is 1. The van der Waals surface area contributed by atoms with Gasteiger partial charge in [0.1, 0.15) is 5.75 Å². The minimum Gasteiger partial charge on any atom is -0.497 e. The first-order valence-electron chi connectivity index (χ1n) is 5.24. The molecule has 0 spiro atoms. The van der Waals surface area contributed by atoms with Crippen molar-refractivity contribution >= 4 is 26.7 Å². The zero-order chi connectivity index (χ0) is 13.3. The maximum atomic E-state index is 13.0. The predicted octanol–water partition coefficient (Wildman–Crippen LogP) is 3.87. The van der Waals surface area contributed by atoms with Crippen LogP contribution in [0.4, 0.5) is 8.78 Å². The number of aliphatic hydroxyl groups excluding tert-OH is 1. The number of methoxy groups -OCH3 is 1. The summed E-state index contributed by atoms with van der Waals surface area (Å²) in [6.45, 7) is 0. The highest BCUT2D eigenvalue weighted by atomic mass is 79.9. The summed E-state index contributed by atoms with van der Waals surface area (Å²) in [5.41, 5.74) is 0.162. The van der Waals surface area contributed by atoms with Gasteiger partial charge in [0.05, 0.1) is 7.11 Å². The molecule has 18 heavy (non-hydrogen) atoms. The molecule has 1 unspecified atom stereocenters. The van der Waals surface area contributed by atoms with Crippen LogP contribution in [-0.4, -0.2) is 17.0 Å². The molecule has 96 valence electrons. The van der Waals surface area contributed by atoms with Gasteiger partial charge in [-0.25, -0.2) is 0 Å². The van der Waals surface area contributed by atoms with Gasteiger partial charge in [-0.15, -0.1) is 0 Å². The van der Waals surface area contributed by atoms with Crippen molar-refractivity contribution in [1.29, 1.82) is 0 Å². The molecule has 0 saturated heterocycles. The molecular weight excluding hydrogens is 306 g/mol. The largest absolute Gasteiger partial charge is 0.497 e. The Hall–Kier alpha value is -1.20. The minimum absolute atomic E-state index is 0.162. The van der Waals surface area contributed by atoms with Crippen molar-refractivity contribution in [2.45, 2.75) is 10.9 Å². The van der Waals surface area contributed by atoms with Crippen LogP contribution in [0.2, 0.25) is 0 Å². The van der Waals surface area contributed by atoms with Gasteiger partial charge in [0.25, 0.3) is 0 Å². The van der Waals surface area contributed by atoms with E-state index in [1.807, 2.05) is 0 Å². The Morgan fingerprint density at radius 1 is 1.17 bits per heavy atom. The van der Waals surface area contributed by atoms with Gasteiger partial charge < -0.3 is 9.84 Å². The first-order valence-corrected chi connectivity index (χ1v) is 6.03.